The summed E-state index contributed by atoms with van der Waals surface area (Å²) in [6, 6.07) is 0.243. The molecule has 1 saturated carbocycles. The second kappa shape index (κ2) is 4.72. The second-order valence-corrected chi connectivity index (χ2v) is 5.30. The van der Waals surface area contributed by atoms with Gasteiger partial charge in [-0.1, -0.05) is 13.3 Å². The summed E-state index contributed by atoms with van der Waals surface area (Å²) in [4.78, 5) is 13.6. The molecule has 1 heterocycles. The molecule has 0 spiro atoms. The number of nitrogens with two attached hydrogens (primary N) is 2. The Morgan fingerprint density at radius 2 is 2.19 bits per heavy atom. The molecule has 92 valence electrons. The van der Waals surface area contributed by atoms with Crippen LogP contribution in [-0.2, 0) is 4.79 Å². The largest absolute Gasteiger partial charge is 0.368 e. The van der Waals surface area contributed by atoms with E-state index in [1.54, 1.807) is 0 Å². The maximum Gasteiger partial charge on any atom is 0.234 e. The van der Waals surface area contributed by atoms with Gasteiger partial charge in [-0.2, -0.15) is 0 Å². The fraction of sp³-hybridized carbons (Fsp3) is 0.917. The molecule has 0 aromatic rings. The Kier molecular flexibility index (Phi) is 3.50. The van der Waals surface area contributed by atoms with E-state index in [4.69, 9.17) is 11.5 Å². The highest BCUT2D eigenvalue weighted by Crippen LogP contribution is 2.36. The third kappa shape index (κ3) is 2.09. The summed E-state index contributed by atoms with van der Waals surface area (Å²) in [6.45, 7) is 4.00. The predicted octanol–water partition coefficient (Wildman–Crippen LogP) is 0.310. The van der Waals surface area contributed by atoms with E-state index in [1.165, 1.54) is 12.8 Å². The minimum atomic E-state index is -0.185. The van der Waals surface area contributed by atoms with Crippen LogP contribution in [0.4, 0.5) is 0 Å². The first-order valence-corrected chi connectivity index (χ1v) is 6.42. The zero-order valence-corrected chi connectivity index (χ0v) is 10.1. The van der Waals surface area contributed by atoms with E-state index in [0.717, 1.165) is 25.9 Å². The van der Waals surface area contributed by atoms with Crippen molar-refractivity contribution in [2.24, 2.45) is 23.3 Å². The quantitative estimate of drug-likeness (QED) is 0.726. The maximum absolute atomic E-state index is 11.4. The lowest BCUT2D eigenvalue weighted by Gasteiger charge is -2.30. The van der Waals surface area contributed by atoms with Crippen LogP contribution in [0.3, 0.4) is 0 Å². The summed E-state index contributed by atoms with van der Waals surface area (Å²) >= 11 is 0. The van der Waals surface area contributed by atoms with Crippen molar-refractivity contribution >= 4 is 5.91 Å². The van der Waals surface area contributed by atoms with Gasteiger partial charge in [-0.25, -0.2) is 0 Å². The number of primary amides is 1. The summed E-state index contributed by atoms with van der Waals surface area (Å²) in [5.74, 6) is 1.09. The number of hydrogen-bond acceptors (Lipinski definition) is 3. The van der Waals surface area contributed by atoms with Gasteiger partial charge in [0.2, 0.25) is 5.91 Å². The molecule has 1 saturated heterocycles. The number of hydrogen-bond donors (Lipinski definition) is 2. The van der Waals surface area contributed by atoms with Gasteiger partial charge in [0.05, 0.1) is 6.04 Å². The van der Waals surface area contributed by atoms with Crippen molar-refractivity contribution < 1.29 is 4.79 Å². The molecule has 4 atom stereocenters. The summed E-state index contributed by atoms with van der Waals surface area (Å²) in [6.07, 6.45) is 4.46. The van der Waals surface area contributed by atoms with Crippen LogP contribution in [-0.4, -0.2) is 36.0 Å². The predicted molar refractivity (Wildman–Crippen MR) is 63.7 cm³/mol. The zero-order valence-electron chi connectivity index (χ0n) is 10.1. The molecule has 2 fully saturated rings. The number of likely N-dealkylation sites (tertiary alicyclic amines) is 1. The minimum absolute atomic E-state index is 0.0854. The Bertz CT molecular complexity index is 269. The highest BCUT2D eigenvalue weighted by atomic mass is 16.1. The molecule has 4 N–H and O–H groups in total. The molecule has 0 aromatic heterocycles. The number of nitrogens with zero attached hydrogens (tertiary/aromatic N) is 1. The molecule has 0 aromatic carbocycles. The van der Waals surface area contributed by atoms with Crippen molar-refractivity contribution in [1.29, 1.82) is 0 Å². The van der Waals surface area contributed by atoms with Crippen molar-refractivity contribution in [3.8, 4) is 0 Å². The summed E-state index contributed by atoms with van der Waals surface area (Å²) < 4.78 is 0. The lowest BCUT2D eigenvalue weighted by atomic mass is 9.78. The average Bonchev–Trinajstić information content (AvgIpc) is 2.63. The van der Waals surface area contributed by atoms with Gasteiger partial charge in [-0.3, -0.25) is 9.69 Å². The van der Waals surface area contributed by atoms with Gasteiger partial charge < -0.3 is 11.5 Å². The number of rotatable bonds is 3. The van der Waals surface area contributed by atoms with Crippen LogP contribution in [0.25, 0.3) is 0 Å². The van der Waals surface area contributed by atoms with Crippen molar-refractivity contribution in [1.82, 2.24) is 4.90 Å². The monoisotopic (exact) mass is 225 g/mol. The lowest BCUT2D eigenvalue weighted by molar-refractivity contribution is -0.123. The fourth-order valence-corrected chi connectivity index (χ4v) is 3.44. The highest BCUT2D eigenvalue weighted by Gasteiger charge is 2.41. The van der Waals surface area contributed by atoms with Crippen molar-refractivity contribution in [3.63, 3.8) is 0 Å². The fourth-order valence-electron chi connectivity index (χ4n) is 3.44. The molecule has 4 unspecified atom stereocenters. The summed E-state index contributed by atoms with van der Waals surface area (Å²) in [5, 5.41) is 0. The van der Waals surface area contributed by atoms with E-state index in [2.05, 4.69) is 4.90 Å². The van der Waals surface area contributed by atoms with Crippen molar-refractivity contribution in [2.75, 3.05) is 13.1 Å². The Morgan fingerprint density at radius 1 is 1.44 bits per heavy atom. The van der Waals surface area contributed by atoms with Crippen molar-refractivity contribution in [2.45, 2.75) is 44.7 Å². The molecule has 2 rings (SSSR count). The van der Waals surface area contributed by atoms with Crippen LogP contribution in [0.5, 0.6) is 0 Å². The Hall–Kier alpha value is -0.610. The highest BCUT2D eigenvalue weighted by molar-refractivity contribution is 5.79. The standard InChI is InChI=1S/C12H23N3O/c1-2-11(12(14)16)15-6-8-4-3-5-10(13)9(8)7-15/h8-11H,2-7,13H2,1H3,(H2,14,16). The maximum atomic E-state index is 11.4. The third-order valence-electron chi connectivity index (χ3n) is 4.34. The van der Waals surface area contributed by atoms with Crippen LogP contribution in [0.15, 0.2) is 0 Å². The Morgan fingerprint density at radius 3 is 2.75 bits per heavy atom. The van der Waals surface area contributed by atoms with E-state index in [0.29, 0.717) is 17.9 Å². The molecule has 4 heteroatoms. The molecule has 0 radical (unpaired) electrons. The molecule has 1 aliphatic carbocycles. The molecule has 1 aliphatic heterocycles. The van der Waals surface area contributed by atoms with Crippen LogP contribution < -0.4 is 11.5 Å². The summed E-state index contributed by atoms with van der Waals surface area (Å²) in [7, 11) is 0. The van der Waals surface area contributed by atoms with E-state index in [1.807, 2.05) is 6.92 Å². The first kappa shape index (κ1) is 11.9. The van der Waals surface area contributed by atoms with Gasteiger partial charge in [0.1, 0.15) is 0 Å². The smallest absolute Gasteiger partial charge is 0.234 e. The summed E-state index contributed by atoms with van der Waals surface area (Å²) in [5.41, 5.74) is 11.6. The SMILES string of the molecule is CCC(C(N)=O)N1CC2CCCC(N)C2C1. The Labute approximate surface area is 97.3 Å². The first-order chi connectivity index (χ1) is 7.63. The van der Waals surface area contributed by atoms with E-state index in [9.17, 15) is 4.79 Å². The number of fused-ring (bicyclic) bond motifs is 1. The molecule has 2 aliphatic rings. The van der Waals surface area contributed by atoms with Gasteiger partial charge in [-0.15, -0.1) is 0 Å². The number of carbonyl (C=O) groups excluding carboxylic acids is 1. The normalized spacial score (nSPS) is 37.0. The van der Waals surface area contributed by atoms with Gasteiger partial charge in [-0.05, 0) is 31.1 Å². The molecule has 1 amide bonds. The van der Waals surface area contributed by atoms with Crippen molar-refractivity contribution in [3.05, 3.63) is 0 Å². The molecular weight excluding hydrogens is 202 g/mol. The van der Waals surface area contributed by atoms with Crippen LogP contribution in [0.1, 0.15) is 32.6 Å². The van der Waals surface area contributed by atoms with Crippen LogP contribution >= 0.6 is 0 Å². The second-order valence-electron chi connectivity index (χ2n) is 5.30. The van der Waals surface area contributed by atoms with E-state index >= 15 is 0 Å². The van der Waals surface area contributed by atoms with Gasteiger partial charge >= 0.3 is 0 Å². The average molecular weight is 225 g/mol. The topological polar surface area (TPSA) is 72.4 Å². The van der Waals surface area contributed by atoms with Crippen LogP contribution in [0.2, 0.25) is 0 Å². The Balaban J connectivity index is 2.02. The van der Waals surface area contributed by atoms with Crippen LogP contribution in [0, 0.1) is 11.8 Å². The molecule has 16 heavy (non-hydrogen) atoms. The number of amides is 1. The van der Waals surface area contributed by atoms with E-state index in [-0.39, 0.29) is 11.9 Å². The molecule has 4 nitrogen and oxygen atoms in total. The van der Waals surface area contributed by atoms with Gasteiger partial charge in [0.25, 0.3) is 0 Å². The minimum Gasteiger partial charge on any atom is -0.368 e. The van der Waals surface area contributed by atoms with E-state index < -0.39 is 0 Å². The molecule has 0 bridgehead atoms. The first-order valence-electron chi connectivity index (χ1n) is 6.42. The van der Waals surface area contributed by atoms with Gasteiger partial charge in [0, 0.05) is 19.1 Å². The molecular formula is C12H23N3O. The lowest BCUT2D eigenvalue weighted by Crippen LogP contribution is -2.44. The van der Waals surface area contributed by atoms with Gasteiger partial charge in [0.15, 0.2) is 0 Å². The third-order valence-corrected chi connectivity index (χ3v) is 4.34. The number of carbonyl (C=O) groups is 1. The zero-order chi connectivity index (χ0) is 11.7.